The van der Waals surface area contributed by atoms with Gasteiger partial charge in [0.25, 0.3) is 0 Å². The molecule has 0 saturated heterocycles. The standard InChI is InChI=1S/C15H16N4OS2/c1-10(19(2)9-11-7-8-16-22-11)14(20)18-15-17-12-5-3-4-6-13(12)21-15/h3-8,10H,9H2,1-2H3,(H,17,18,20). The smallest absolute Gasteiger partial charge is 0.243 e. The summed E-state index contributed by atoms with van der Waals surface area (Å²) in [4.78, 5) is 19.9. The topological polar surface area (TPSA) is 58.1 Å². The fraction of sp³-hybridized carbons (Fsp3) is 0.267. The minimum atomic E-state index is -0.242. The summed E-state index contributed by atoms with van der Waals surface area (Å²) in [6, 6.07) is 9.59. The first-order chi connectivity index (χ1) is 10.6. The SMILES string of the molecule is CC(C(=O)Nc1nc2ccccc2s1)N(C)Cc1ccns1. The van der Waals surface area contributed by atoms with Crippen LogP contribution in [0.1, 0.15) is 11.8 Å². The first-order valence-corrected chi connectivity index (χ1v) is 8.48. The van der Waals surface area contributed by atoms with E-state index >= 15 is 0 Å². The second kappa shape index (κ2) is 6.51. The van der Waals surface area contributed by atoms with Crippen LogP contribution in [0.4, 0.5) is 5.13 Å². The molecule has 1 aromatic carbocycles. The van der Waals surface area contributed by atoms with E-state index in [0.29, 0.717) is 11.7 Å². The molecule has 0 radical (unpaired) electrons. The number of nitrogens with one attached hydrogen (secondary N) is 1. The van der Waals surface area contributed by atoms with Gasteiger partial charge in [0.1, 0.15) is 0 Å². The lowest BCUT2D eigenvalue weighted by Gasteiger charge is -2.22. The first kappa shape index (κ1) is 15.1. The molecule has 5 nitrogen and oxygen atoms in total. The number of rotatable bonds is 5. The summed E-state index contributed by atoms with van der Waals surface area (Å²) in [7, 11) is 1.93. The predicted molar refractivity (Wildman–Crippen MR) is 91.3 cm³/mol. The highest BCUT2D eigenvalue weighted by Crippen LogP contribution is 2.25. The van der Waals surface area contributed by atoms with Gasteiger partial charge >= 0.3 is 0 Å². The zero-order valence-corrected chi connectivity index (χ0v) is 13.9. The van der Waals surface area contributed by atoms with Crippen LogP contribution in [0.3, 0.4) is 0 Å². The Hall–Kier alpha value is -1.83. The lowest BCUT2D eigenvalue weighted by Crippen LogP contribution is -2.39. The predicted octanol–water partition coefficient (Wildman–Crippen LogP) is 3.21. The van der Waals surface area contributed by atoms with Crippen LogP contribution in [-0.4, -0.2) is 33.3 Å². The lowest BCUT2D eigenvalue weighted by molar-refractivity contribution is -0.120. The van der Waals surface area contributed by atoms with Crippen molar-refractivity contribution >= 4 is 44.1 Å². The fourth-order valence-electron chi connectivity index (χ4n) is 2.04. The van der Waals surface area contributed by atoms with Crippen molar-refractivity contribution in [3.8, 4) is 0 Å². The average Bonchev–Trinajstić information content (AvgIpc) is 3.14. The maximum atomic E-state index is 12.4. The highest BCUT2D eigenvalue weighted by atomic mass is 32.1. The van der Waals surface area contributed by atoms with Crippen molar-refractivity contribution in [1.82, 2.24) is 14.3 Å². The number of anilines is 1. The third-order valence-electron chi connectivity index (χ3n) is 3.46. The molecule has 1 N–H and O–H groups in total. The number of para-hydroxylation sites is 1. The summed E-state index contributed by atoms with van der Waals surface area (Å²) in [5, 5.41) is 3.55. The Balaban J connectivity index is 1.65. The van der Waals surface area contributed by atoms with Crippen LogP contribution in [0.15, 0.2) is 36.5 Å². The minimum Gasteiger partial charge on any atom is -0.301 e. The molecule has 2 aromatic heterocycles. The van der Waals surface area contributed by atoms with Gasteiger partial charge < -0.3 is 5.32 Å². The molecule has 0 spiro atoms. The molecule has 0 fully saturated rings. The number of hydrogen-bond acceptors (Lipinski definition) is 6. The Morgan fingerprint density at radius 3 is 2.91 bits per heavy atom. The van der Waals surface area contributed by atoms with Crippen LogP contribution in [0.25, 0.3) is 10.2 Å². The van der Waals surface area contributed by atoms with E-state index in [1.54, 1.807) is 6.20 Å². The molecular weight excluding hydrogens is 316 g/mol. The number of carbonyl (C=O) groups excluding carboxylic acids is 1. The van der Waals surface area contributed by atoms with Crippen LogP contribution in [0, 0.1) is 0 Å². The Morgan fingerprint density at radius 1 is 1.36 bits per heavy atom. The van der Waals surface area contributed by atoms with E-state index in [1.807, 2.05) is 49.2 Å². The number of carbonyl (C=O) groups is 1. The number of thiazole rings is 1. The fourth-order valence-corrected chi connectivity index (χ4v) is 3.55. The van der Waals surface area contributed by atoms with Crippen LogP contribution >= 0.6 is 22.9 Å². The molecule has 1 atom stereocenters. The summed E-state index contributed by atoms with van der Waals surface area (Å²) in [6.07, 6.45) is 1.78. The Labute approximate surface area is 136 Å². The maximum Gasteiger partial charge on any atom is 0.243 e. The maximum absolute atomic E-state index is 12.4. The van der Waals surface area contributed by atoms with E-state index in [-0.39, 0.29) is 11.9 Å². The molecule has 0 saturated carbocycles. The van der Waals surface area contributed by atoms with Gasteiger partial charge in [0.15, 0.2) is 5.13 Å². The van der Waals surface area contributed by atoms with E-state index < -0.39 is 0 Å². The molecule has 2 heterocycles. The molecule has 0 bridgehead atoms. The largest absolute Gasteiger partial charge is 0.301 e. The molecule has 7 heteroatoms. The summed E-state index contributed by atoms with van der Waals surface area (Å²) in [5.74, 6) is -0.0499. The van der Waals surface area contributed by atoms with Crippen molar-refractivity contribution in [2.45, 2.75) is 19.5 Å². The lowest BCUT2D eigenvalue weighted by atomic mass is 10.2. The first-order valence-electron chi connectivity index (χ1n) is 6.90. The summed E-state index contributed by atoms with van der Waals surface area (Å²) in [5.41, 5.74) is 0.911. The number of benzene rings is 1. The van der Waals surface area contributed by atoms with Gasteiger partial charge in [-0.05, 0) is 43.7 Å². The van der Waals surface area contributed by atoms with Crippen molar-refractivity contribution < 1.29 is 4.79 Å². The van der Waals surface area contributed by atoms with Crippen molar-refractivity contribution in [2.75, 3.05) is 12.4 Å². The van der Waals surface area contributed by atoms with Gasteiger partial charge in [0, 0.05) is 17.6 Å². The molecule has 0 aliphatic carbocycles. The van der Waals surface area contributed by atoms with Gasteiger partial charge in [-0.1, -0.05) is 23.5 Å². The number of fused-ring (bicyclic) bond motifs is 1. The third-order valence-corrected chi connectivity index (χ3v) is 5.14. The van der Waals surface area contributed by atoms with Crippen LogP contribution in [0.5, 0.6) is 0 Å². The van der Waals surface area contributed by atoms with Crippen molar-refractivity contribution in [2.24, 2.45) is 0 Å². The van der Waals surface area contributed by atoms with E-state index in [4.69, 9.17) is 0 Å². The molecule has 3 aromatic rings. The van der Waals surface area contributed by atoms with Crippen molar-refractivity contribution in [3.63, 3.8) is 0 Å². The number of likely N-dealkylation sites (N-methyl/N-ethyl adjacent to an activating group) is 1. The molecule has 1 amide bonds. The number of amides is 1. The van der Waals surface area contributed by atoms with Gasteiger partial charge in [0.05, 0.1) is 16.3 Å². The number of nitrogens with zero attached hydrogens (tertiary/aromatic N) is 3. The number of aromatic nitrogens is 2. The summed E-state index contributed by atoms with van der Waals surface area (Å²) in [6.45, 7) is 2.60. The Bertz CT molecular complexity index is 736. The van der Waals surface area contributed by atoms with Gasteiger partial charge in [-0.15, -0.1) is 0 Å². The third kappa shape index (κ3) is 3.32. The molecule has 1 unspecified atom stereocenters. The quantitative estimate of drug-likeness (QED) is 0.779. The van der Waals surface area contributed by atoms with Gasteiger partial charge in [0.2, 0.25) is 5.91 Å². The molecule has 3 rings (SSSR count). The highest BCUT2D eigenvalue weighted by molar-refractivity contribution is 7.22. The minimum absolute atomic E-state index is 0.0499. The molecule has 22 heavy (non-hydrogen) atoms. The number of hydrogen-bond donors (Lipinski definition) is 1. The van der Waals surface area contributed by atoms with Gasteiger partial charge in [-0.3, -0.25) is 9.69 Å². The summed E-state index contributed by atoms with van der Waals surface area (Å²) >= 11 is 2.94. The van der Waals surface area contributed by atoms with E-state index in [2.05, 4.69) is 14.7 Å². The van der Waals surface area contributed by atoms with Crippen molar-refractivity contribution in [3.05, 3.63) is 41.4 Å². The van der Waals surface area contributed by atoms with E-state index in [0.717, 1.165) is 15.1 Å². The van der Waals surface area contributed by atoms with Crippen LogP contribution in [0.2, 0.25) is 0 Å². The molecule has 0 aliphatic heterocycles. The van der Waals surface area contributed by atoms with Crippen molar-refractivity contribution in [1.29, 1.82) is 0 Å². The Morgan fingerprint density at radius 2 is 2.18 bits per heavy atom. The molecule has 114 valence electrons. The van der Waals surface area contributed by atoms with E-state index in [9.17, 15) is 4.79 Å². The second-order valence-electron chi connectivity index (χ2n) is 5.05. The average molecular weight is 332 g/mol. The zero-order valence-electron chi connectivity index (χ0n) is 12.3. The van der Waals surface area contributed by atoms with E-state index in [1.165, 1.54) is 22.9 Å². The second-order valence-corrected chi connectivity index (χ2v) is 6.99. The summed E-state index contributed by atoms with van der Waals surface area (Å²) < 4.78 is 5.15. The highest BCUT2D eigenvalue weighted by Gasteiger charge is 2.19. The van der Waals surface area contributed by atoms with Crippen LogP contribution < -0.4 is 5.32 Å². The molecule has 0 aliphatic rings. The zero-order chi connectivity index (χ0) is 15.5. The Kier molecular flexibility index (Phi) is 4.47. The molecular formula is C15H16N4OS2. The van der Waals surface area contributed by atoms with Crippen LogP contribution in [-0.2, 0) is 11.3 Å². The van der Waals surface area contributed by atoms with Gasteiger partial charge in [-0.2, -0.15) is 0 Å². The van der Waals surface area contributed by atoms with Gasteiger partial charge in [-0.25, -0.2) is 9.36 Å². The monoisotopic (exact) mass is 332 g/mol. The normalized spacial score (nSPS) is 12.7.